The maximum absolute atomic E-state index is 2.51. The Morgan fingerprint density at radius 2 is 0.800 bits per heavy atom. The van der Waals surface area contributed by atoms with E-state index in [0.717, 1.165) is 17.1 Å². The molecule has 0 unspecified atom stereocenters. The fourth-order valence-corrected chi connectivity index (χ4v) is 8.29. The van der Waals surface area contributed by atoms with Gasteiger partial charge in [0.1, 0.15) is 0 Å². The summed E-state index contributed by atoms with van der Waals surface area (Å²) in [5.41, 5.74) is 12.9. The second-order valence-corrected chi connectivity index (χ2v) is 13.6. The third-order valence-corrected chi connectivity index (χ3v) is 10.7. The van der Waals surface area contributed by atoms with Crippen molar-refractivity contribution in [3.63, 3.8) is 0 Å². The molecule has 0 bridgehead atoms. The number of hydrogen-bond donors (Lipinski definition) is 0. The van der Waals surface area contributed by atoms with Gasteiger partial charge in [0.15, 0.2) is 0 Å². The van der Waals surface area contributed by atoms with E-state index in [1.54, 1.807) is 0 Å². The van der Waals surface area contributed by atoms with Crippen molar-refractivity contribution in [3.05, 3.63) is 200 Å². The minimum Gasteiger partial charge on any atom is -0.308 e. The SMILES string of the molecule is c1ccc(-c2ccc(N(c3c(-c4ccccc4)cc(-c4ccccc4)cc3-c3ccccc3)c3cccc4c3sc3ccccc34)cc2)cc1. The van der Waals surface area contributed by atoms with Crippen molar-refractivity contribution in [2.24, 2.45) is 0 Å². The van der Waals surface area contributed by atoms with Crippen molar-refractivity contribution in [2.45, 2.75) is 0 Å². The molecule has 0 spiro atoms. The smallest absolute Gasteiger partial charge is 0.0640 e. The normalized spacial score (nSPS) is 11.2. The van der Waals surface area contributed by atoms with Crippen molar-refractivity contribution in [1.29, 1.82) is 0 Å². The molecule has 0 N–H and O–H groups in total. The molecule has 50 heavy (non-hydrogen) atoms. The highest BCUT2D eigenvalue weighted by atomic mass is 32.1. The van der Waals surface area contributed by atoms with Crippen LogP contribution >= 0.6 is 11.3 Å². The lowest BCUT2D eigenvalue weighted by atomic mass is 9.89. The molecule has 0 radical (unpaired) electrons. The molecule has 0 fully saturated rings. The van der Waals surface area contributed by atoms with Gasteiger partial charge in [-0.2, -0.15) is 0 Å². The van der Waals surface area contributed by atoms with Crippen molar-refractivity contribution in [3.8, 4) is 44.5 Å². The summed E-state index contributed by atoms with van der Waals surface area (Å²) >= 11 is 1.87. The van der Waals surface area contributed by atoms with Crippen molar-refractivity contribution in [2.75, 3.05) is 4.90 Å². The highest BCUT2D eigenvalue weighted by Gasteiger charge is 2.25. The van der Waals surface area contributed by atoms with Crippen LogP contribution in [0.4, 0.5) is 17.1 Å². The molecule has 0 amide bonds. The summed E-state index contributed by atoms with van der Waals surface area (Å²) in [5, 5.41) is 2.57. The largest absolute Gasteiger partial charge is 0.308 e. The van der Waals surface area contributed by atoms with E-state index in [-0.39, 0.29) is 0 Å². The van der Waals surface area contributed by atoms with Gasteiger partial charge >= 0.3 is 0 Å². The summed E-state index contributed by atoms with van der Waals surface area (Å²) in [7, 11) is 0. The molecule has 0 aliphatic carbocycles. The van der Waals surface area contributed by atoms with Crippen LogP contribution in [0.2, 0.25) is 0 Å². The Labute approximate surface area is 297 Å². The molecular formula is C48H33NS. The average molecular weight is 656 g/mol. The zero-order valence-electron chi connectivity index (χ0n) is 27.4. The number of fused-ring (bicyclic) bond motifs is 3. The van der Waals surface area contributed by atoms with E-state index in [0.29, 0.717) is 0 Å². The second-order valence-electron chi connectivity index (χ2n) is 12.5. The van der Waals surface area contributed by atoms with Crippen LogP contribution in [0.5, 0.6) is 0 Å². The van der Waals surface area contributed by atoms with Gasteiger partial charge in [0, 0.05) is 32.3 Å². The number of nitrogens with zero attached hydrogens (tertiary/aromatic N) is 1. The minimum atomic E-state index is 1.11. The van der Waals surface area contributed by atoms with Gasteiger partial charge in [0.05, 0.1) is 16.1 Å². The van der Waals surface area contributed by atoms with Gasteiger partial charge in [-0.1, -0.05) is 164 Å². The molecule has 9 rings (SSSR count). The minimum absolute atomic E-state index is 1.11. The Kier molecular flexibility index (Phi) is 7.77. The number of thiophene rings is 1. The molecule has 8 aromatic carbocycles. The molecule has 2 heteroatoms. The van der Waals surface area contributed by atoms with E-state index in [9.17, 15) is 0 Å². The number of rotatable bonds is 7. The standard InChI is InChI=1S/C48H33NS/c1-5-16-34(17-6-1)36-28-30-40(31-29-36)49(45-26-15-25-42-41-24-13-14-27-46(41)50-48(42)45)47-43(37-20-9-3-10-21-37)32-39(35-18-7-2-8-19-35)33-44(47)38-22-11-4-12-23-38/h1-33H. The topological polar surface area (TPSA) is 3.24 Å². The summed E-state index contributed by atoms with van der Waals surface area (Å²) in [6.45, 7) is 0. The van der Waals surface area contributed by atoms with Gasteiger partial charge in [-0.25, -0.2) is 0 Å². The molecule has 0 saturated carbocycles. The van der Waals surface area contributed by atoms with Gasteiger partial charge < -0.3 is 4.90 Å². The van der Waals surface area contributed by atoms with Crippen LogP contribution in [-0.4, -0.2) is 0 Å². The predicted molar refractivity (Wildman–Crippen MR) is 216 cm³/mol. The van der Waals surface area contributed by atoms with E-state index in [1.807, 2.05) is 11.3 Å². The molecule has 1 aromatic heterocycles. The summed E-state index contributed by atoms with van der Waals surface area (Å²) in [6, 6.07) is 72.4. The van der Waals surface area contributed by atoms with Crippen LogP contribution in [0, 0.1) is 0 Å². The highest BCUT2D eigenvalue weighted by Crippen LogP contribution is 2.51. The van der Waals surface area contributed by atoms with Gasteiger partial charge in [-0.3, -0.25) is 0 Å². The molecular weight excluding hydrogens is 623 g/mol. The summed E-state index contributed by atoms with van der Waals surface area (Å²) in [4.78, 5) is 2.51. The lowest BCUT2D eigenvalue weighted by Gasteiger charge is -2.31. The molecule has 0 saturated heterocycles. The Balaban J connectivity index is 1.39. The van der Waals surface area contributed by atoms with E-state index in [2.05, 4.69) is 205 Å². The van der Waals surface area contributed by atoms with Gasteiger partial charge in [0.25, 0.3) is 0 Å². The quantitative estimate of drug-likeness (QED) is 0.165. The maximum atomic E-state index is 2.51. The molecule has 0 atom stereocenters. The molecule has 1 nitrogen and oxygen atoms in total. The molecule has 0 aliphatic rings. The molecule has 236 valence electrons. The van der Waals surface area contributed by atoms with E-state index < -0.39 is 0 Å². The highest BCUT2D eigenvalue weighted by molar-refractivity contribution is 7.26. The average Bonchev–Trinajstić information content (AvgIpc) is 3.59. The van der Waals surface area contributed by atoms with Crippen molar-refractivity contribution >= 4 is 48.6 Å². The molecule has 0 aliphatic heterocycles. The van der Waals surface area contributed by atoms with Crippen molar-refractivity contribution < 1.29 is 0 Å². The fourth-order valence-electron chi connectivity index (χ4n) is 7.08. The predicted octanol–water partition coefficient (Wildman–Crippen LogP) is 14.2. The third kappa shape index (κ3) is 5.46. The lowest BCUT2D eigenvalue weighted by molar-refractivity contribution is 1.30. The maximum Gasteiger partial charge on any atom is 0.0640 e. The monoisotopic (exact) mass is 655 g/mol. The summed E-state index contributed by atoms with van der Waals surface area (Å²) < 4.78 is 2.56. The van der Waals surface area contributed by atoms with Crippen LogP contribution in [0.25, 0.3) is 64.7 Å². The first-order valence-electron chi connectivity index (χ1n) is 17.0. The van der Waals surface area contributed by atoms with E-state index in [1.165, 1.54) is 64.7 Å². The Hall–Kier alpha value is -6.22. The van der Waals surface area contributed by atoms with Crippen LogP contribution in [0.3, 0.4) is 0 Å². The van der Waals surface area contributed by atoms with Gasteiger partial charge in [-0.05, 0) is 69.8 Å². The lowest BCUT2D eigenvalue weighted by Crippen LogP contribution is -2.13. The first-order valence-corrected chi connectivity index (χ1v) is 17.8. The second kappa shape index (κ2) is 13.0. The van der Waals surface area contributed by atoms with Crippen molar-refractivity contribution in [1.82, 2.24) is 0 Å². The van der Waals surface area contributed by atoms with Gasteiger partial charge in [-0.15, -0.1) is 11.3 Å². The summed E-state index contributed by atoms with van der Waals surface area (Å²) in [6.07, 6.45) is 0. The molecule has 9 aromatic rings. The Morgan fingerprint density at radius 3 is 1.38 bits per heavy atom. The van der Waals surface area contributed by atoms with E-state index in [4.69, 9.17) is 0 Å². The Morgan fingerprint density at radius 1 is 0.340 bits per heavy atom. The number of hydrogen-bond acceptors (Lipinski definition) is 2. The zero-order chi connectivity index (χ0) is 33.3. The third-order valence-electron chi connectivity index (χ3n) is 9.47. The van der Waals surface area contributed by atoms with Crippen LogP contribution in [0.1, 0.15) is 0 Å². The van der Waals surface area contributed by atoms with Gasteiger partial charge in [0.2, 0.25) is 0 Å². The summed E-state index contributed by atoms with van der Waals surface area (Å²) in [5.74, 6) is 0. The zero-order valence-corrected chi connectivity index (χ0v) is 28.2. The van der Waals surface area contributed by atoms with Crippen LogP contribution in [0.15, 0.2) is 200 Å². The van der Waals surface area contributed by atoms with Crippen LogP contribution < -0.4 is 4.90 Å². The first kappa shape index (κ1) is 29.9. The molecule has 1 heterocycles. The van der Waals surface area contributed by atoms with Crippen LogP contribution in [-0.2, 0) is 0 Å². The van der Waals surface area contributed by atoms with E-state index >= 15 is 0 Å². The first-order chi connectivity index (χ1) is 24.8. The number of benzene rings is 8. The Bertz CT molecular complexity index is 2490. The fraction of sp³-hybridized carbons (Fsp3) is 0. The number of anilines is 3.